The molecule has 0 bridgehead atoms. The van der Waals surface area contributed by atoms with Crippen LogP contribution in [-0.4, -0.2) is 29.7 Å². The van der Waals surface area contributed by atoms with Crippen molar-refractivity contribution in [3.05, 3.63) is 22.8 Å². The van der Waals surface area contributed by atoms with Crippen LogP contribution in [0.15, 0.2) is 22.8 Å². The van der Waals surface area contributed by atoms with Crippen molar-refractivity contribution in [2.24, 2.45) is 17.3 Å². The summed E-state index contributed by atoms with van der Waals surface area (Å²) < 4.78 is 12.0. The van der Waals surface area contributed by atoms with Gasteiger partial charge in [-0.25, -0.2) is 0 Å². The number of allylic oxidation sites excluding steroid dienone is 3. The molecule has 1 aliphatic heterocycles. The van der Waals surface area contributed by atoms with E-state index in [1.54, 1.807) is 16.7 Å². The average Bonchev–Trinajstić information content (AvgIpc) is 3.18. The van der Waals surface area contributed by atoms with Crippen LogP contribution in [-0.2, 0) is 9.47 Å². The maximum atomic E-state index is 11.3. The van der Waals surface area contributed by atoms with E-state index in [1.165, 1.54) is 6.42 Å². The molecule has 3 heteroatoms. The summed E-state index contributed by atoms with van der Waals surface area (Å²) in [5, 5.41) is 11.3. The van der Waals surface area contributed by atoms with E-state index in [9.17, 15) is 5.11 Å². The quantitative estimate of drug-likeness (QED) is 0.665. The molecule has 0 aromatic heterocycles. The molecule has 1 heterocycles. The summed E-state index contributed by atoms with van der Waals surface area (Å²) in [6.07, 6.45) is 10.7. The molecule has 4 unspecified atom stereocenters. The van der Waals surface area contributed by atoms with E-state index in [2.05, 4.69) is 24.8 Å². The fourth-order valence-corrected chi connectivity index (χ4v) is 6.72. The van der Waals surface area contributed by atoms with Crippen LogP contribution in [0.5, 0.6) is 0 Å². The van der Waals surface area contributed by atoms with Crippen molar-refractivity contribution in [3.63, 3.8) is 0 Å². The molecule has 5 rings (SSSR count). The summed E-state index contributed by atoms with van der Waals surface area (Å²) >= 11 is 0. The van der Waals surface area contributed by atoms with Crippen molar-refractivity contribution in [3.8, 4) is 11.8 Å². The van der Waals surface area contributed by atoms with E-state index in [4.69, 9.17) is 9.47 Å². The van der Waals surface area contributed by atoms with Gasteiger partial charge in [0.25, 0.3) is 0 Å². The molecule has 26 heavy (non-hydrogen) atoms. The second kappa shape index (κ2) is 5.71. The highest BCUT2D eigenvalue weighted by atomic mass is 16.7. The molecular formula is C23H30O3. The third kappa shape index (κ3) is 2.19. The molecule has 140 valence electrons. The highest BCUT2D eigenvalue weighted by molar-refractivity contribution is 5.45. The Bertz CT molecular complexity index is 745. The minimum atomic E-state index is -0.814. The largest absolute Gasteiger partial charge is 0.377 e. The van der Waals surface area contributed by atoms with Gasteiger partial charge in [0.15, 0.2) is 5.79 Å². The van der Waals surface area contributed by atoms with E-state index in [-0.39, 0.29) is 11.2 Å². The summed E-state index contributed by atoms with van der Waals surface area (Å²) in [5.74, 6) is 7.00. The summed E-state index contributed by atoms with van der Waals surface area (Å²) in [7, 11) is 0. The van der Waals surface area contributed by atoms with Crippen LogP contribution in [0.25, 0.3) is 0 Å². The SMILES string of the molecule is CC#CC1(O)CCC2C3CCC4=C(CCC5(C4)OCCO5)C3=CCC21C. The van der Waals surface area contributed by atoms with E-state index < -0.39 is 5.60 Å². The van der Waals surface area contributed by atoms with Gasteiger partial charge in [0.2, 0.25) is 0 Å². The van der Waals surface area contributed by atoms with Gasteiger partial charge in [-0.2, -0.15) is 0 Å². The first-order valence-corrected chi connectivity index (χ1v) is 10.4. The molecule has 1 spiro atoms. The van der Waals surface area contributed by atoms with Gasteiger partial charge in [-0.1, -0.05) is 24.5 Å². The van der Waals surface area contributed by atoms with Gasteiger partial charge in [-0.05, 0) is 68.4 Å². The third-order valence-corrected chi connectivity index (χ3v) is 8.13. The molecule has 1 saturated heterocycles. The number of ether oxygens (including phenoxy) is 2. The van der Waals surface area contributed by atoms with Crippen LogP contribution in [0.1, 0.15) is 65.2 Å². The molecule has 5 aliphatic rings. The molecule has 1 N–H and O–H groups in total. The molecule has 1 saturated carbocycles. The molecular weight excluding hydrogens is 324 g/mol. The van der Waals surface area contributed by atoms with Crippen LogP contribution < -0.4 is 0 Å². The molecule has 0 radical (unpaired) electrons. The monoisotopic (exact) mass is 354 g/mol. The Balaban J connectivity index is 1.48. The van der Waals surface area contributed by atoms with Gasteiger partial charge in [0.05, 0.1) is 13.2 Å². The Morgan fingerprint density at radius 3 is 2.73 bits per heavy atom. The molecule has 3 nitrogen and oxygen atoms in total. The Morgan fingerprint density at radius 2 is 1.96 bits per heavy atom. The fraction of sp³-hybridized carbons (Fsp3) is 0.739. The topological polar surface area (TPSA) is 38.7 Å². The number of hydrogen-bond donors (Lipinski definition) is 1. The van der Waals surface area contributed by atoms with E-state index in [0.29, 0.717) is 11.8 Å². The van der Waals surface area contributed by atoms with Crippen LogP contribution in [0.4, 0.5) is 0 Å². The molecule has 0 aromatic carbocycles. The molecule has 0 amide bonds. The van der Waals surface area contributed by atoms with E-state index in [0.717, 1.165) is 58.2 Å². The predicted octanol–water partition coefficient (Wildman–Crippen LogP) is 4.12. The number of rotatable bonds is 0. The maximum Gasteiger partial charge on any atom is 0.172 e. The minimum Gasteiger partial charge on any atom is -0.377 e. The molecule has 0 aromatic rings. The Morgan fingerprint density at radius 1 is 1.15 bits per heavy atom. The summed E-state index contributed by atoms with van der Waals surface area (Å²) in [4.78, 5) is 0. The first kappa shape index (κ1) is 17.0. The standard InChI is InChI=1S/C23H30O3/c1-3-9-22(24)11-8-20-19-5-4-16-15-23(25-13-14-26-23)12-7-17(16)18(19)6-10-21(20,22)2/h6,19-20,24H,4-5,7-8,10-15H2,1-2H3. The second-order valence-corrected chi connectivity index (χ2v) is 9.17. The summed E-state index contributed by atoms with van der Waals surface area (Å²) in [5.41, 5.74) is 3.85. The van der Waals surface area contributed by atoms with Crippen LogP contribution in [0.2, 0.25) is 0 Å². The first-order valence-electron chi connectivity index (χ1n) is 10.4. The molecule has 4 aliphatic carbocycles. The van der Waals surface area contributed by atoms with Crippen molar-refractivity contribution >= 4 is 0 Å². The molecule has 2 fully saturated rings. The predicted molar refractivity (Wildman–Crippen MR) is 100 cm³/mol. The highest BCUT2D eigenvalue weighted by Crippen LogP contribution is 2.62. The van der Waals surface area contributed by atoms with Crippen molar-refractivity contribution in [1.82, 2.24) is 0 Å². The van der Waals surface area contributed by atoms with Crippen LogP contribution in [0.3, 0.4) is 0 Å². The van der Waals surface area contributed by atoms with Crippen molar-refractivity contribution < 1.29 is 14.6 Å². The van der Waals surface area contributed by atoms with Gasteiger partial charge < -0.3 is 14.6 Å². The van der Waals surface area contributed by atoms with Gasteiger partial charge in [0, 0.05) is 18.3 Å². The summed E-state index contributed by atoms with van der Waals surface area (Å²) in [6.45, 7) is 5.61. The van der Waals surface area contributed by atoms with Crippen molar-refractivity contribution in [2.75, 3.05) is 13.2 Å². The van der Waals surface area contributed by atoms with Crippen LogP contribution >= 0.6 is 0 Å². The lowest BCUT2D eigenvalue weighted by Gasteiger charge is -2.50. The second-order valence-electron chi connectivity index (χ2n) is 9.17. The highest BCUT2D eigenvalue weighted by Gasteiger charge is 2.60. The summed E-state index contributed by atoms with van der Waals surface area (Å²) in [6, 6.07) is 0. The zero-order valence-corrected chi connectivity index (χ0v) is 16.1. The maximum absolute atomic E-state index is 11.3. The van der Waals surface area contributed by atoms with Gasteiger partial charge in [-0.15, -0.1) is 5.92 Å². The zero-order chi connectivity index (χ0) is 18.0. The van der Waals surface area contributed by atoms with Gasteiger partial charge in [-0.3, -0.25) is 0 Å². The number of fused-ring (bicyclic) bond motifs is 4. The van der Waals surface area contributed by atoms with Gasteiger partial charge in [0.1, 0.15) is 5.60 Å². The minimum absolute atomic E-state index is 0.101. The average molecular weight is 354 g/mol. The number of hydrogen-bond acceptors (Lipinski definition) is 3. The number of aliphatic hydroxyl groups is 1. The lowest BCUT2D eigenvalue weighted by Crippen LogP contribution is -2.48. The van der Waals surface area contributed by atoms with Gasteiger partial charge >= 0.3 is 0 Å². The van der Waals surface area contributed by atoms with E-state index in [1.807, 2.05) is 6.92 Å². The van der Waals surface area contributed by atoms with E-state index >= 15 is 0 Å². The fourth-order valence-electron chi connectivity index (χ4n) is 6.72. The Kier molecular flexibility index (Phi) is 3.74. The van der Waals surface area contributed by atoms with Crippen molar-refractivity contribution in [1.29, 1.82) is 0 Å². The lowest BCUT2D eigenvalue weighted by atomic mass is 9.56. The Labute approximate surface area is 156 Å². The molecule has 4 atom stereocenters. The lowest BCUT2D eigenvalue weighted by molar-refractivity contribution is -0.164. The van der Waals surface area contributed by atoms with Crippen molar-refractivity contribution in [2.45, 2.75) is 76.6 Å². The Hall–Kier alpha value is -1.08. The smallest absolute Gasteiger partial charge is 0.172 e. The first-order chi connectivity index (χ1) is 12.5. The normalized spacial score (nSPS) is 43.3. The van der Waals surface area contributed by atoms with Crippen LogP contribution in [0, 0.1) is 29.1 Å². The third-order valence-electron chi connectivity index (χ3n) is 8.13. The zero-order valence-electron chi connectivity index (χ0n) is 16.1.